The standard InChI is InChI=1S/C16H16N2O6S.Na/c1-8-3-5-10(6-4-8)11-14(20)18-12(16(21)22)9(2)13(17-7-19)25(23,24)15(11)18;/h3-7,11,13,15H,1-2H3,(H,17,19)(H,21,22);/q;+1/p-1/t11?,13?,15-;/m1./s1. The van der Waals surface area contributed by atoms with E-state index in [0.29, 0.717) is 5.56 Å². The summed E-state index contributed by atoms with van der Waals surface area (Å²) in [6.45, 7) is 3.09. The van der Waals surface area contributed by atoms with E-state index in [0.717, 1.165) is 10.5 Å². The van der Waals surface area contributed by atoms with E-state index in [1.165, 1.54) is 6.92 Å². The van der Waals surface area contributed by atoms with Crippen molar-refractivity contribution in [3.63, 3.8) is 0 Å². The molecule has 0 aromatic heterocycles. The van der Waals surface area contributed by atoms with E-state index in [-0.39, 0.29) is 41.5 Å². The summed E-state index contributed by atoms with van der Waals surface area (Å²) in [4.78, 5) is 35.6. The van der Waals surface area contributed by atoms with E-state index >= 15 is 0 Å². The SMILES string of the molecule is CC1=C(C(=O)[O-])N2C(=O)C(c3ccc(C)cc3)[C@H]2S(=O)(=O)C1NC=O.[Na+]. The van der Waals surface area contributed by atoms with Gasteiger partial charge in [-0.1, -0.05) is 29.8 Å². The Morgan fingerprint density at radius 3 is 2.31 bits per heavy atom. The Hall–Kier alpha value is -1.68. The van der Waals surface area contributed by atoms with Gasteiger partial charge in [0.2, 0.25) is 12.3 Å². The molecule has 0 bridgehead atoms. The van der Waals surface area contributed by atoms with Crippen LogP contribution in [0.4, 0.5) is 0 Å². The summed E-state index contributed by atoms with van der Waals surface area (Å²) in [6.07, 6.45) is 0.190. The molecule has 10 heteroatoms. The molecule has 1 aromatic rings. The number of carbonyl (C=O) groups excluding carboxylic acids is 3. The molecule has 2 amide bonds. The number of aliphatic carboxylic acids is 1. The van der Waals surface area contributed by atoms with E-state index < -0.39 is 44.1 Å². The molecule has 132 valence electrons. The van der Waals surface area contributed by atoms with Crippen molar-refractivity contribution in [2.45, 2.75) is 30.5 Å². The van der Waals surface area contributed by atoms with Gasteiger partial charge in [0.15, 0.2) is 20.6 Å². The van der Waals surface area contributed by atoms with Crippen LogP contribution in [0.1, 0.15) is 24.0 Å². The van der Waals surface area contributed by atoms with E-state index in [1.54, 1.807) is 24.3 Å². The van der Waals surface area contributed by atoms with Gasteiger partial charge in [-0.25, -0.2) is 8.42 Å². The van der Waals surface area contributed by atoms with Gasteiger partial charge < -0.3 is 15.2 Å². The quantitative estimate of drug-likeness (QED) is 0.318. The summed E-state index contributed by atoms with van der Waals surface area (Å²) in [5.74, 6) is -3.31. The first-order valence-corrected chi connectivity index (χ1v) is 9.07. The Kier molecular flexibility index (Phi) is 5.67. The monoisotopic (exact) mass is 386 g/mol. The fraction of sp³-hybridized carbons (Fsp3) is 0.312. The van der Waals surface area contributed by atoms with Crippen molar-refractivity contribution in [2.24, 2.45) is 0 Å². The molecule has 3 atom stereocenters. The number of sulfone groups is 1. The third-order valence-electron chi connectivity index (χ3n) is 4.57. The smallest absolute Gasteiger partial charge is 0.543 e. The molecule has 2 heterocycles. The van der Waals surface area contributed by atoms with Crippen molar-refractivity contribution in [1.29, 1.82) is 0 Å². The number of carboxylic acids is 1. The molecule has 8 nitrogen and oxygen atoms in total. The van der Waals surface area contributed by atoms with Gasteiger partial charge >= 0.3 is 29.6 Å². The molecule has 0 aliphatic carbocycles. The van der Waals surface area contributed by atoms with Crippen molar-refractivity contribution in [1.82, 2.24) is 10.2 Å². The molecular formula is C16H15N2NaO6S. The topological polar surface area (TPSA) is 124 Å². The molecule has 3 rings (SSSR count). The minimum atomic E-state index is -4.07. The summed E-state index contributed by atoms with van der Waals surface area (Å²) in [5, 5.41) is 10.7. The number of carboxylic acid groups (broad SMARTS) is 1. The Morgan fingerprint density at radius 2 is 1.81 bits per heavy atom. The Balaban J connectivity index is 0.00000243. The van der Waals surface area contributed by atoms with Crippen LogP contribution in [-0.2, 0) is 24.2 Å². The minimum absolute atomic E-state index is 0. The van der Waals surface area contributed by atoms with Gasteiger partial charge in [0.05, 0.1) is 17.6 Å². The van der Waals surface area contributed by atoms with Crippen LogP contribution in [-0.4, -0.2) is 42.4 Å². The Bertz CT molecular complexity index is 909. The summed E-state index contributed by atoms with van der Waals surface area (Å²) >= 11 is 0. The molecule has 2 aliphatic heterocycles. The van der Waals surface area contributed by atoms with E-state index in [1.807, 2.05) is 6.92 Å². The second kappa shape index (κ2) is 7.15. The summed E-state index contributed by atoms with van der Waals surface area (Å²) < 4.78 is 25.8. The zero-order valence-corrected chi connectivity index (χ0v) is 17.2. The second-order valence-corrected chi connectivity index (χ2v) is 8.19. The predicted octanol–water partition coefficient (Wildman–Crippen LogP) is -4.22. The van der Waals surface area contributed by atoms with Crippen molar-refractivity contribution in [2.75, 3.05) is 0 Å². The maximum atomic E-state index is 12.9. The van der Waals surface area contributed by atoms with Crippen molar-refractivity contribution in [3.8, 4) is 0 Å². The van der Waals surface area contributed by atoms with E-state index in [4.69, 9.17) is 0 Å². The number of fused-ring (bicyclic) bond motifs is 1. The van der Waals surface area contributed by atoms with E-state index in [2.05, 4.69) is 5.32 Å². The first-order valence-electron chi connectivity index (χ1n) is 7.46. The van der Waals surface area contributed by atoms with Crippen LogP contribution < -0.4 is 40.0 Å². The average molecular weight is 386 g/mol. The predicted molar refractivity (Wildman–Crippen MR) is 84.2 cm³/mol. The summed E-state index contributed by atoms with van der Waals surface area (Å²) in [5.41, 5.74) is 0.750. The number of amides is 2. The second-order valence-electron chi connectivity index (χ2n) is 6.06. The number of carbonyl (C=O) groups is 3. The van der Waals surface area contributed by atoms with Crippen LogP contribution in [0.5, 0.6) is 0 Å². The normalized spacial score (nSPS) is 26.3. The van der Waals surface area contributed by atoms with Gasteiger partial charge in [-0.05, 0) is 25.0 Å². The van der Waals surface area contributed by atoms with Crippen LogP contribution in [0, 0.1) is 6.92 Å². The molecule has 1 N–H and O–H groups in total. The molecule has 2 unspecified atom stereocenters. The van der Waals surface area contributed by atoms with Gasteiger partial charge in [0.1, 0.15) is 0 Å². The van der Waals surface area contributed by atoms with Gasteiger partial charge in [0.25, 0.3) is 0 Å². The first kappa shape index (κ1) is 20.6. The zero-order chi connectivity index (χ0) is 18.5. The molecule has 1 fully saturated rings. The molecule has 1 aromatic carbocycles. The van der Waals surface area contributed by atoms with Crippen molar-refractivity contribution in [3.05, 3.63) is 46.7 Å². The summed E-state index contributed by atoms with van der Waals surface area (Å²) in [6, 6.07) is 6.75. The molecule has 26 heavy (non-hydrogen) atoms. The Labute approximate surface area is 172 Å². The molecule has 0 radical (unpaired) electrons. The number of benzene rings is 1. The number of hydrogen-bond acceptors (Lipinski definition) is 6. The van der Waals surface area contributed by atoms with Crippen molar-refractivity contribution < 1.29 is 57.5 Å². The number of hydrogen-bond donors (Lipinski definition) is 1. The molecular weight excluding hydrogens is 371 g/mol. The molecule has 0 spiro atoms. The maximum Gasteiger partial charge on any atom is 1.00 e. The van der Waals surface area contributed by atoms with Crippen LogP contribution >= 0.6 is 0 Å². The first-order chi connectivity index (χ1) is 11.7. The third kappa shape index (κ3) is 2.88. The van der Waals surface area contributed by atoms with Gasteiger partial charge in [-0.3, -0.25) is 14.5 Å². The number of rotatable bonds is 4. The average Bonchev–Trinajstić information content (AvgIpc) is 2.54. The number of nitrogens with zero attached hydrogens (tertiary/aromatic N) is 1. The fourth-order valence-corrected chi connectivity index (χ4v) is 5.64. The van der Waals surface area contributed by atoms with Gasteiger partial charge in [0, 0.05) is 0 Å². The van der Waals surface area contributed by atoms with Crippen LogP contribution in [0.3, 0.4) is 0 Å². The zero-order valence-electron chi connectivity index (χ0n) is 14.4. The van der Waals surface area contributed by atoms with Crippen LogP contribution in [0.15, 0.2) is 35.5 Å². The Morgan fingerprint density at radius 1 is 1.23 bits per heavy atom. The van der Waals surface area contributed by atoms with Crippen LogP contribution in [0.2, 0.25) is 0 Å². The fourth-order valence-electron chi connectivity index (χ4n) is 3.36. The number of aryl methyl sites for hydroxylation is 1. The number of β-lactam (4-membered cyclic amide) rings is 1. The minimum Gasteiger partial charge on any atom is -0.543 e. The molecule has 2 aliphatic rings. The summed E-state index contributed by atoms with van der Waals surface area (Å²) in [7, 11) is -4.07. The molecule has 1 saturated heterocycles. The van der Waals surface area contributed by atoms with Gasteiger partial charge in [-0.15, -0.1) is 0 Å². The third-order valence-corrected chi connectivity index (χ3v) is 6.87. The van der Waals surface area contributed by atoms with Gasteiger partial charge in [-0.2, -0.15) is 0 Å². The van der Waals surface area contributed by atoms with Crippen molar-refractivity contribution >= 4 is 28.1 Å². The largest absolute Gasteiger partial charge is 1.00 e. The maximum absolute atomic E-state index is 12.9. The molecule has 0 saturated carbocycles. The van der Waals surface area contributed by atoms with E-state index in [9.17, 15) is 27.9 Å². The number of nitrogens with one attached hydrogen (secondary N) is 1. The van der Waals surface area contributed by atoms with Crippen LogP contribution in [0.25, 0.3) is 0 Å².